The highest BCUT2D eigenvalue weighted by Crippen LogP contribution is 2.24. The van der Waals surface area contributed by atoms with E-state index < -0.39 is 0 Å². The highest BCUT2D eigenvalue weighted by atomic mass is 79.9. The summed E-state index contributed by atoms with van der Waals surface area (Å²) in [6, 6.07) is 4.24. The van der Waals surface area contributed by atoms with Crippen LogP contribution in [0.2, 0.25) is 0 Å². The third kappa shape index (κ3) is 4.31. The normalized spacial score (nSPS) is 20.7. The van der Waals surface area contributed by atoms with Gasteiger partial charge in [-0.1, -0.05) is 0 Å². The van der Waals surface area contributed by atoms with Crippen LogP contribution < -0.4 is 0 Å². The second-order valence-corrected chi connectivity index (χ2v) is 7.13. The summed E-state index contributed by atoms with van der Waals surface area (Å²) in [4.78, 5) is 16.9. The Morgan fingerprint density at radius 3 is 2.57 bits per heavy atom. The van der Waals surface area contributed by atoms with Crippen LogP contribution in [0.15, 0.2) is 22.7 Å². The molecule has 2 aliphatic heterocycles. The fourth-order valence-electron chi connectivity index (χ4n) is 3.30. The van der Waals surface area contributed by atoms with Crippen molar-refractivity contribution in [3.63, 3.8) is 0 Å². The van der Waals surface area contributed by atoms with Crippen LogP contribution in [0.25, 0.3) is 0 Å². The lowest BCUT2D eigenvalue weighted by Gasteiger charge is -2.36. The van der Waals surface area contributed by atoms with Gasteiger partial charge in [0.05, 0.1) is 18.8 Å². The number of amides is 1. The van der Waals surface area contributed by atoms with Gasteiger partial charge in [0.2, 0.25) is 0 Å². The van der Waals surface area contributed by atoms with Gasteiger partial charge in [-0.05, 0) is 52.9 Å². The van der Waals surface area contributed by atoms with Crippen molar-refractivity contribution >= 4 is 21.8 Å². The Kier molecular flexibility index (Phi) is 5.67. The summed E-state index contributed by atoms with van der Waals surface area (Å²) in [5.41, 5.74) is 0.540. The summed E-state index contributed by atoms with van der Waals surface area (Å²) in [6.45, 7) is 6.34. The molecule has 23 heavy (non-hydrogen) atoms. The van der Waals surface area contributed by atoms with Crippen molar-refractivity contribution in [2.45, 2.75) is 12.8 Å². The van der Waals surface area contributed by atoms with E-state index in [-0.39, 0.29) is 11.7 Å². The van der Waals surface area contributed by atoms with Crippen LogP contribution >= 0.6 is 15.9 Å². The molecule has 4 nitrogen and oxygen atoms in total. The zero-order valence-corrected chi connectivity index (χ0v) is 14.7. The van der Waals surface area contributed by atoms with Gasteiger partial charge in [0.25, 0.3) is 5.91 Å². The van der Waals surface area contributed by atoms with E-state index in [0.29, 0.717) is 16.0 Å². The van der Waals surface area contributed by atoms with Gasteiger partial charge in [0.1, 0.15) is 5.82 Å². The van der Waals surface area contributed by atoms with Crippen molar-refractivity contribution in [3.8, 4) is 0 Å². The molecule has 126 valence electrons. The maximum Gasteiger partial charge on any atom is 0.255 e. The van der Waals surface area contributed by atoms with Gasteiger partial charge in [-0.25, -0.2) is 4.39 Å². The van der Waals surface area contributed by atoms with Gasteiger partial charge in [-0.2, -0.15) is 0 Å². The average Bonchev–Trinajstić information content (AvgIpc) is 2.56. The van der Waals surface area contributed by atoms with Crippen LogP contribution in [0.1, 0.15) is 23.2 Å². The van der Waals surface area contributed by atoms with Gasteiger partial charge >= 0.3 is 0 Å². The zero-order valence-electron chi connectivity index (χ0n) is 13.1. The lowest BCUT2D eigenvalue weighted by atomic mass is 9.95. The summed E-state index contributed by atoms with van der Waals surface area (Å²) in [5, 5.41) is 0. The Balaban J connectivity index is 1.52. The smallest absolute Gasteiger partial charge is 0.255 e. The first-order chi connectivity index (χ1) is 11.1. The Bertz CT molecular complexity index is 556. The van der Waals surface area contributed by atoms with E-state index >= 15 is 0 Å². The number of rotatable bonds is 3. The lowest BCUT2D eigenvalue weighted by molar-refractivity contribution is 0.0243. The summed E-state index contributed by atoms with van der Waals surface area (Å²) in [6.07, 6.45) is 2.06. The standard InChI is InChI=1S/C17H22BrFN2O2/c18-16-11-14(19)1-2-15(16)17(22)21-5-3-13(4-6-21)12-20-7-9-23-10-8-20/h1-2,11,13H,3-10,12H2. The van der Waals surface area contributed by atoms with Crippen LogP contribution in [-0.4, -0.2) is 61.6 Å². The van der Waals surface area contributed by atoms with Crippen LogP contribution in [0.3, 0.4) is 0 Å². The molecule has 0 spiro atoms. The Morgan fingerprint density at radius 2 is 1.91 bits per heavy atom. The zero-order chi connectivity index (χ0) is 16.2. The molecule has 1 aromatic carbocycles. The van der Waals surface area contributed by atoms with Gasteiger partial charge in [0, 0.05) is 37.2 Å². The van der Waals surface area contributed by atoms with Crippen molar-refractivity contribution in [1.29, 1.82) is 0 Å². The first-order valence-electron chi connectivity index (χ1n) is 8.18. The summed E-state index contributed by atoms with van der Waals surface area (Å²) < 4.78 is 19.1. The third-order valence-corrected chi connectivity index (χ3v) is 5.34. The molecule has 3 rings (SSSR count). The monoisotopic (exact) mass is 384 g/mol. The predicted molar refractivity (Wildman–Crippen MR) is 90.0 cm³/mol. The molecule has 2 fully saturated rings. The van der Waals surface area contributed by atoms with E-state index in [2.05, 4.69) is 20.8 Å². The van der Waals surface area contributed by atoms with Crippen molar-refractivity contribution in [3.05, 3.63) is 34.1 Å². The Labute approximate surface area is 144 Å². The minimum Gasteiger partial charge on any atom is -0.379 e. The van der Waals surface area contributed by atoms with Gasteiger partial charge in [-0.3, -0.25) is 9.69 Å². The average molecular weight is 385 g/mol. The van der Waals surface area contributed by atoms with Crippen molar-refractivity contribution in [1.82, 2.24) is 9.80 Å². The highest BCUT2D eigenvalue weighted by Gasteiger charge is 2.26. The molecule has 1 amide bonds. The number of carbonyl (C=O) groups is 1. The molecule has 6 heteroatoms. The van der Waals surface area contributed by atoms with Crippen molar-refractivity contribution in [2.75, 3.05) is 45.9 Å². The molecule has 1 aromatic rings. The number of morpholine rings is 1. The molecular formula is C17H22BrFN2O2. The van der Waals surface area contributed by atoms with E-state index in [1.807, 2.05) is 4.90 Å². The van der Waals surface area contributed by atoms with E-state index in [1.165, 1.54) is 12.1 Å². The van der Waals surface area contributed by atoms with Crippen molar-refractivity contribution < 1.29 is 13.9 Å². The summed E-state index contributed by atoms with van der Waals surface area (Å²) >= 11 is 3.29. The quantitative estimate of drug-likeness (QED) is 0.802. The number of nitrogens with zero attached hydrogens (tertiary/aromatic N) is 2. The fourth-order valence-corrected chi connectivity index (χ4v) is 3.82. The first-order valence-corrected chi connectivity index (χ1v) is 8.97. The topological polar surface area (TPSA) is 32.8 Å². The highest BCUT2D eigenvalue weighted by molar-refractivity contribution is 9.10. The number of hydrogen-bond donors (Lipinski definition) is 0. The SMILES string of the molecule is O=C(c1ccc(F)cc1Br)N1CCC(CN2CCOCC2)CC1. The number of ether oxygens (including phenoxy) is 1. The lowest BCUT2D eigenvalue weighted by Crippen LogP contribution is -2.44. The largest absolute Gasteiger partial charge is 0.379 e. The summed E-state index contributed by atoms with van der Waals surface area (Å²) in [5.74, 6) is 0.299. The molecule has 2 aliphatic rings. The number of carbonyl (C=O) groups excluding carboxylic acids is 1. The molecule has 0 bridgehead atoms. The predicted octanol–water partition coefficient (Wildman–Crippen LogP) is 2.77. The molecule has 0 saturated carbocycles. The number of benzene rings is 1. The van der Waals surface area contributed by atoms with E-state index in [0.717, 1.165) is 58.8 Å². The second-order valence-electron chi connectivity index (χ2n) is 6.27. The molecule has 0 atom stereocenters. The Morgan fingerprint density at radius 1 is 1.22 bits per heavy atom. The first kappa shape index (κ1) is 16.9. The minimum absolute atomic E-state index is 0.0123. The van der Waals surface area contributed by atoms with Crippen LogP contribution in [0, 0.1) is 11.7 Å². The van der Waals surface area contributed by atoms with Gasteiger partial charge in [-0.15, -0.1) is 0 Å². The van der Waals surface area contributed by atoms with Crippen LogP contribution in [0.5, 0.6) is 0 Å². The van der Waals surface area contributed by atoms with Crippen LogP contribution in [0.4, 0.5) is 4.39 Å². The van der Waals surface area contributed by atoms with Gasteiger partial charge < -0.3 is 9.64 Å². The minimum atomic E-state index is -0.336. The summed E-state index contributed by atoms with van der Waals surface area (Å²) in [7, 11) is 0. The number of hydrogen-bond acceptors (Lipinski definition) is 3. The molecule has 0 aromatic heterocycles. The molecule has 0 N–H and O–H groups in total. The van der Waals surface area contributed by atoms with Crippen LogP contribution in [-0.2, 0) is 4.74 Å². The van der Waals surface area contributed by atoms with E-state index in [9.17, 15) is 9.18 Å². The molecule has 2 saturated heterocycles. The maximum atomic E-state index is 13.2. The molecule has 2 heterocycles. The maximum absolute atomic E-state index is 13.2. The van der Waals surface area contributed by atoms with E-state index in [1.54, 1.807) is 6.07 Å². The Hall–Kier alpha value is -0.980. The number of halogens is 2. The molecule has 0 radical (unpaired) electrons. The third-order valence-electron chi connectivity index (χ3n) is 4.68. The van der Waals surface area contributed by atoms with Gasteiger partial charge in [0.15, 0.2) is 0 Å². The number of piperidine rings is 1. The molecule has 0 aliphatic carbocycles. The fraction of sp³-hybridized carbons (Fsp3) is 0.588. The number of likely N-dealkylation sites (tertiary alicyclic amines) is 1. The van der Waals surface area contributed by atoms with E-state index in [4.69, 9.17) is 4.74 Å². The molecule has 0 unspecified atom stereocenters. The van der Waals surface area contributed by atoms with Crippen molar-refractivity contribution in [2.24, 2.45) is 5.92 Å². The molecular weight excluding hydrogens is 363 g/mol. The second kappa shape index (κ2) is 7.73.